The number of aromatic nitrogens is 2. The number of carbonyl (C=O) groups is 1. The third-order valence-electron chi connectivity index (χ3n) is 3.76. The fourth-order valence-corrected chi connectivity index (χ4v) is 3.02. The molecule has 0 bridgehead atoms. The van der Waals surface area contributed by atoms with E-state index in [1.165, 1.54) is 6.33 Å². The molecule has 1 aliphatic heterocycles. The van der Waals surface area contributed by atoms with Crippen LogP contribution in [0, 0.1) is 0 Å². The summed E-state index contributed by atoms with van der Waals surface area (Å²) in [6.07, 6.45) is 8.41. The molecular weight excluding hydrogens is 310 g/mol. The van der Waals surface area contributed by atoms with Crippen LogP contribution < -0.4 is 10.1 Å². The fraction of sp³-hybridized carbons (Fsp3) is 0.353. The van der Waals surface area contributed by atoms with Crippen molar-refractivity contribution in [3.63, 3.8) is 0 Å². The van der Waals surface area contributed by atoms with Crippen molar-refractivity contribution >= 4 is 17.7 Å². The predicted molar refractivity (Wildman–Crippen MR) is 91.6 cm³/mol. The van der Waals surface area contributed by atoms with Crippen molar-refractivity contribution in [3.8, 4) is 16.9 Å². The Balaban J connectivity index is 1.66. The van der Waals surface area contributed by atoms with Crippen LogP contribution in [0.25, 0.3) is 11.1 Å². The smallest absolute Gasteiger partial charge is 0.220 e. The molecule has 23 heavy (non-hydrogen) atoms. The second kappa shape index (κ2) is 7.46. The van der Waals surface area contributed by atoms with Crippen LogP contribution >= 0.6 is 11.8 Å². The van der Waals surface area contributed by atoms with E-state index in [1.54, 1.807) is 24.2 Å². The van der Waals surface area contributed by atoms with Crippen LogP contribution in [0.5, 0.6) is 5.75 Å². The van der Waals surface area contributed by atoms with Crippen LogP contribution in [0.2, 0.25) is 0 Å². The molecule has 1 unspecified atom stereocenters. The molecule has 0 fully saturated rings. The summed E-state index contributed by atoms with van der Waals surface area (Å²) < 4.78 is 6.07. The molecule has 120 valence electrons. The highest BCUT2D eigenvalue weighted by molar-refractivity contribution is 7.98. The molecule has 3 rings (SSSR count). The van der Waals surface area contributed by atoms with E-state index in [1.807, 2.05) is 18.4 Å². The number of nitrogens with one attached hydrogen (secondary N) is 1. The normalized spacial score (nSPS) is 15.8. The zero-order valence-corrected chi connectivity index (χ0v) is 13.8. The molecule has 0 spiro atoms. The quantitative estimate of drug-likeness (QED) is 0.881. The Kier molecular flexibility index (Phi) is 5.12. The highest BCUT2D eigenvalue weighted by Gasteiger charge is 2.26. The van der Waals surface area contributed by atoms with E-state index in [0.29, 0.717) is 13.0 Å². The van der Waals surface area contributed by atoms with Gasteiger partial charge in [-0.25, -0.2) is 9.97 Å². The third kappa shape index (κ3) is 3.82. The first-order valence-corrected chi connectivity index (χ1v) is 8.97. The summed E-state index contributed by atoms with van der Waals surface area (Å²) in [5.74, 6) is 1.80. The summed E-state index contributed by atoms with van der Waals surface area (Å²) in [7, 11) is 0. The lowest BCUT2D eigenvalue weighted by Gasteiger charge is -2.13. The minimum atomic E-state index is -0.0194. The van der Waals surface area contributed by atoms with Crippen LogP contribution in [-0.2, 0) is 11.2 Å². The highest BCUT2D eigenvalue weighted by Crippen LogP contribution is 2.38. The maximum Gasteiger partial charge on any atom is 0.220 e. The molecule has 1 N–H and O–H groups in total. The zero-order chi connectivity index (χ0) is 16.1. The molecule has 1 aromatic heterocycles. The van der Waals surface area contributed by atoms with E-state index in [4.69, 9.17) is 4.74 Å². The first kappa shape index (κ1) is 15.8. The molecule has 1 atom stereocenters. The number of hydrogen-bond donors (Lipinski definition) is 1. The number of rotatable bonds is 6. The van der Waals surface area contributed by atoms with Gasteiger partial charge in [-0.3, -0.25) is 4.79 Å². The van der Waals surface area contributed by atoms with Gasteiger partial charge in [-0.05, 0) is 11.8 Å². The van der Waals surface area contributed by atoms with E-state index < -0.39 is 0 Å². The lowest BCUT2D eigenvalue weighted by molar-refractivity contribution is -0.121. The predicted octanol–water partition coefficient (Wildman–Crippen LogP) is 2.32. The Hall–Kier alpha value is -2.08. The Bertz CT molecular complexity index is 679. The Morgan fingerprint density at radius 3 is 3.00 bits per heavy atom. The van der Waals surface area contributed by atoms with Gasteiger partial charge in [0, 0.05) is 42.1 Å². The Labute approximate surface area is 139 Å². The summed E-state index contributed by atoms with van der Waals surface area (Å²) in [6.45, 7) is 0.534. The number of thioether (sulfide) groups is 1. The summed E-state index contributed by atoms with van der Waals surface area (Å²) in [5, 5.41) is 2.95. The molecule has 1 aliphatic rings. The van der Waals surface area contributed by atoms with Crippen molar-refractivity contribution in [3.05, 3.63) is 42.5 Å². The fourth-order valence-electron chi connectivity index (χ4n) is 2.63. The molecule has 2 aromatic rings. The molecule has 0 aliphatic carbocycles. The number of para-hydroxylation sites is 1. The summed E-state index contributed by atoms with van der Waals surface area (Å²) in [4.78, 5) is 19.9. The number of benzene rings is 1. The van der Waals surface area contributed by atoms with Gasteiger partial charge in [0.2, 0.25) is 5.91 Å². The number of fused-ring (bicyclic) bond motifs is 1. The standard InChI is InChI=1S/C17H19N3O2S/c1-23-6-5-16(21)20-10-14-7-12-3-2-4-15(17(12)22-14)13-8-18-11-19-9-13/h2-4,8-9,11,14H,5-7,10H2,1H3,(H,20,21). The minimum Gasteiger partial charge on any atom is -0.487 e. The van der Waals surface area contributed by atoms with Gasteiger partial charge < -0.3 is 10.1 Å². The van der Waals surface area contributed by atoms with Crippen molar-refractivity contribution in [2.24, 2.45) is 0 Å². The second-order valence-corrected chi connectivity index (χ2v) is 6.40. The lowest BCUT2D eigenvalue weighted by atomic mass is 10.0. The van der Waals surface area contributed by atoms with E-state index >= 15 is 0 Å². The van der Waals surface area contributed by atoms with E-state index in [2.05, 4.69) is 21.4 Å². The van der Waals surface area contributed by atoms with E-state index in [0.717, 1.165) is 34.6 Å². The maximum atomic E-state index is 11.7. The molecule has 0 saturated heterocycles. The zero-order valence-electron chi connectivity index (χ0n) is 13.0. The maximum absolute atomic E-state index is 11.7. The number of amides is 1. The van der Waals surface area contributed by atoms with Gasteiger partial charge in [-0.15, -0.1) is 0 Å². The molecule has 1 amide bonds. The Morgan fingerprint density at radius 2 is 2.22 bits per heavy atom. The summed E-state index contributed by atoms with van der Waals surface area (Å²) >= 11 is 1.67. The topological polar surface area (TPSA) is 64.1 Å². The van der Waals surface area contributed by atoms with Gasteiger partial charge in [0.05, 0.1) is 6.54 Å². The Morgan fingerprint density at radius 1 is 1.39 bits per heavy atom. The number of nitrogens with zero attached hydrogens (tertiary/aromatic N) is 2. The monoisotopic (exact) mass is 329 g/mol. The molecule has 6 heteroatoms. The number of carbonyl (C=O) groups excluding carboxylic acids is 1. The third-order valence-corrected chi connectivity index (χ3v) is 4.37. The molecule has 0 saturated carbocycles. The first-order chi connectivity index (χ1) is 11.3. The largest absolute Gasteiger partial charge is 0.487 e. The number of hydrogen-bond acceptors (Lipinski definition) is 5. The van der Waals surface area contributed by atoms with E-state index in [-0.39, 0.29) is 12.0 Å². The van der Waals surface area contributed by atoms with Crippen LogP contribution in [-0.4, -0.2) is 40.5 Å². The average Bonchev–Trinajstić information content (AvgIpc) is 3.02. The van der Waals surface area contributed by atoms with Crippen molar-refractivity contribution in [1.29, 1.82) is 0 Å². The van der Waals surface area contributed by atoms with Crippen molar-refractivity contribution < 1.29 is 9.53 Å². The van der Waals surface area contributed by atoms with Gasteiger partial charge in [0.15, 0.2) is 0 Å². The van der Waals surface area contributed by atoms with Crippen molar-refractivity contribution in [2.45, 2.75) is 18.9 Å². The van der Waals surface area contributed by atoms with Crippen LogP contribution in [0.1, 0.15) is 12.0 Å². The van der Waals surface area contributed by atoms with Gasteiger partial charge in [0.25, 0.3) is 0 Å². The summed E-state index contributed by atoms with van der Waals surface area (Å²) in [5.41, 5.74) is 3.10. The van der Waals surface area contributed by atoms with Gasteiger partial charge >= 0.3 is 0 Å². The lowest BCUT2D eigenvalue weighted by Crippen LogP contribution is -2.34. The molecular formula is C17H19N3O2S. The van der Waals surface area contributed by atoms with Gasteiger partial charge in [0.1, 0.15) is 18.2 Å². The van der Waals surface area contributed by atoms with Gasteiger partial charge in [-0.2, -0.15) is 11.8 Å². The SMILES string of the molecule is CSCCC(=O)NCC1Cc2cccc(-c3cncnc3)c2O1. The highest BCUT2D eigenvalue weighted by atomic mass is 32.2. The van der Waals surface area contributed by atoms with Crippen LogP contribution in [0.15, 0.2) is 36.9 Å². The molecule has 5 nitrogen and oxygen atoms in total. The summed E-state index contributed by atoms with van der Waals surface area (Å²) in [6, 6.07) is 6.10. The molecule has 0 radical (unpaired) electrons. The molecule has 1 aromatic carbocycles. The second-order valence-electron chi connectivity index (χ2n) is 5.41. The molecule has 2 heterocycles. The first-order valence-electron chi connectivity index (χ1n) is 7.57. The average molecular weight is 329 g/mol. The van der Waals surface area contributed by atoms with Gasteiger partial charge in [-0.1, -0.05) is 18.2 Å². The minimum absolute atomic E-state index is 0.0194. The van der Waals surface area contributed by atoms with Crippen LogP contribution in [0.3, 0.4) is 0 Å². The van der Waals surface area contributed by atoms with Crippen molar-refractivity contribution in [2.75, 3.05) is 18.6 Å². The van der Waals surface area contributed by atoms with Crippen molar-refractivity contribution in [1.82, 2.24) is 15.3 Å². The van der Waals surface area contributed by atoms with E-state index in [9.17, 15) is 4.79 Å². The number of ether oxygens (including phenoxy) is 1. The van der Waals surface area contributed by atoms with Crippen LogP contribution in [0.4, 0.5) is 0 Å².